The summed E-state index contributed by atoms with van der Waals surface area (Å²) in [6.07, 6.45) is -1.28. The zero-order valence-corrected chi connectivity index (χ0v) is 16.5. The predicted molar refractivity (Wildman–Crippen MR) is 103 cm³/mol. The van der Waals surface area contributed by atoms with Crippen molar-refractivity contribution in [3.8, 4) is 0 Å². The smallest absolute Gasteiger partial charge is 0.415 e. The molecule has 2 heterocycles. The van der Waals surface area contributed by atoms with E-state index in [1.807, 2.05) is 25.1 Å². The molecule has 26 heavy (non-hydrogen) atoms. The number of fused-ring (bicyclic) bond motifs is 1. The zero-order chi connectivity index (χ0) is 19.1. The van der Waals surface area contributed by atoms with Crippen LogP contribution in [0.25, 0.3) is 10.2 Å². The van der Waals surface area contributed by atoms with Gasteiger partial charge in [-0.05, 0) is 45.9 Å². The number of nitrogens with one attached hydrogen (secondary N) is 1. The van der Waals surface area contributed by atoms with Crippen LogP contribution in [0.5, 0.6) is 0 Å². The van der Waals surface area contributed by atoms with Crippen LogP contribution in [0, 0.1) is 0 Å². The minimum absolute atomic E-state index is 0.106. The molecule has 1 saturated heterocycles. The maximum Gasteiger partial charge on any atom is 0.415 e. The van der Waals surface area contributed by atoms with Gasteiger partial charge < -0.3 is 14.6 Å². The number of carbonyl (C=O) groups is 2. The molecule has 2 amide bonds. The van der Waals surface area contributed by atoms with Gasteiger partial charge in [0, 0.05) is 24.8 Å². The molecule has 7 nitrogen and oxygen atoms in total. The topological polar surface area (TPSA) is 75.9 Å². The lowest BCUT2D eigenvalue weighted by Gasteiger charge is -2.22. The van der Waals surface area contributed by atoms with Gasteiger partial charge in [0.05, 0.1) is 16.8 Å². The third kappa shape index (κ3) is 3.21. The zero-order valence-electron chi connectivity index (χ0n) is 15.7. The Morgan fingerprint density at radius 1 is 1.42 bits per heavy atom. The van der Waals surface area contributed by atoms with Gasteiger partial charge in [0.15, 0.2) is 10.9 Å². The Morgan fingerprint density at radius 3 is 2.77 bits per heavy atom. The van der Waals surface area contributed by atoms with E-state index in [0.29, 0.717) is 6.54 Å². The van der Waals surface area contributed by atoms with E-state index in [9.17, 15) is 9.59 Å². The van der Waals surface area contributed by atoms with Gasteiger partial charge in [0.2, 0.25) is 0 Å². The summed E-state index contributed by atoms with van der Waals surface area (Å²) in [4.78, 5) is 31.0. The van der Waals surface area contributed by atoms with E-state index in [-0.39, 0.29) is 18.0 Å². The summed E-state index contributed by atoms with van der Waals surface area (Å²) in [5.41, 5.74) is 1.69. The fourth-order valence-corrected chi connectivity index (χ4v) is 4.34. The Bertz CT molecular complexity index is 923. The number of carbonyl (C=O) groups excluding carboxylic acids is 2. The quantitative estimate of drug-likeness (QED) is 0.894. The fourth-order valence-electron chi connectivity index (χ4n) is 3.04. The number of amides is 2. The van der Waals surface area contributed by atoms with Crippen LogP contribution in [0.2, 0.25) is 0 Å². The highest BCUT2D eigenvalue weighted by Gasteiger charge is 2.36. The fraction of sp³-hybridized carbons (Fsp3) is 0.500. The maximum atomic E-state index is 12.2. The molecular weight excluding hydrogens is 352 g/mol. The minimum atomic E-state index is -0.781. The van der Waals surface area contributed by atoms with Crippen molar-refractivity contribution >= 4 is 39.2 Å². The standard InChI is InChI=1S/C18H24N4O3S/c1-6-20-16-22(18(2,3)4)12-8-7-11(9-14(12)26-16)21-10-13(15(23)19-5)25-17(21)24/h7-9,13H,6,10H2,1-5H3,(H,19,23)/t13-/m1/s1. The van der Waals surface area contributed by atoms with E-state index in [1.165, 1.54) is 11.9 Å². The van der Waals surface area contributed by atoms with Gasteiger partial charge in [-0.3, -0.25) is 14.7 Å². The number of hydrogen-bond acceptors (Lipinski definition) is 5. The van der Waals surface area contributed by atoms with E-state index in [4.69, 9.17) is 4.74 Å². The number of aromatic nitrogens is 1. The van der Waals surface area contributed by atoms with Crippen LogP contribution in [-0.2, 0) is 15.1 Å². The van der Waals surface area contributed by atoms with Crippen molar-refractivity contribution < 1.29 is 14.3 Å². The van der Waals surface area contributed by atoms with E-state index < -0.39 is 12.2 Å². The second kappa shape index (κ2) is 6.75. The molecule has 8 heteroatoms. The van der Waals surface area contributed by atoms with Crippen molar-refractivity contribution in [1.29, 1.82) is 0 Å². The van der Waals surface area contributed by atoms with Gasteiger partial charge in [-0.2, -0.15) is 0 Å². The van der Waals surface area contributed by atoms with Gasteiger partial charge >= 0.3 is 6.09 Å². The van der Waals surface area contributed by atoms with E-state index in [0.717, 1.165) is 20.7 Å². The van der Waals surface area contributed by atoms with Crippen molar-refractivity contribution in [1.82, 2.24) is 9.88 Å². The normalized spacial score (nSPS) is 18.5. The summed E-state index contributed by atoms with van der Waals surface area (Å²) in [5, 5.41) is 2.51. The van der Waals surface area contributed by atoms with Crippen LogP contribution >= 0.6 is 11.3 Å². The maximum absolute atomic E-state index is 12.2. The second-order valence-corrected chi connectivity index (χ2v) is 8.12. The molecule has 140 valence electrons. The molecule has 0 unspecified atom stereocenters. The van der Waals surface area contributed by atoms with Gasteiger partial charge in [-0.1, -0.05) is 11.3 Å². The number of cyclic esters (lactones) is 1. The Labute approximate surface area is 156 Å². The highest BCUT2D eigenvalue weighted by atomic mass is 32.1. The number of anilines is 1. The van der Waals surface area contributed by atoms with Crippen LogP contribution in [0.3, 0.4) is 0 Å². The first kappa shape index (κ1) is 18.4. The van der Waals surface area contributed by atoms with E-state index >= 15 is 0 Å². The summed E-state index contributed by atoms with van der Waals surface area (Å²) >= 11 is 1.60. The Kier molecular flexibility index (Phi) is 4.79. The van der Waals surface area contributed by atoms with Crippen molar-refractivity contribution in [2.45, 2.75) is 39.3 Å². The average molecular weight is 376 g/mol. The first-order valence-electron chi connectivity index (χ1n) is 8.62. The van der Waals surface area contributed by atoms with Gasteiger partial charge in [-0.15, -0.1) is 0 Å². The second-order valence-electron chi connectivity index (χ2n) is 7.11. The third-order valence-electron chi connectivity index (χ3n) is 4.20. The molecule has 1 aromatic carbocycles. The number of thiazole rings is 1. The molecule has 0 spiro atoms. The number of ether oxygens (including phenoxy) is 1. The number of likely N-dealkylation sites (N-methyl/N-ethyl adjacent to an activating group) is 1. The lowest BCUT2D eigenvalue weighted by molar-refractivity contribution is -0.127. The van der Waals surface area contributed by atoms with Crippen molar-refractivity contribution in [3.05, 3.63) is 23.0 Å². The van der Waals surface area contributed by atoms with Gasteiger partial charge in [-0.25, -0.2) is 4.79 Å². The number of hydrogen-bond donors (Lipinski definition) is 1. The Morgan fingerprint density at radius 2 is 2.15 bits per heavy atom. The summed E-state index contributed by atoms with van der Waals surface area (Å²) < 4.78 is 8.43. The molecule has 1 atom stereocenters. The number of benzene rings is 1. The minimum Gasteiger partial charge on any atom is -0.434 e. The molecule has 1 aliphatic rings. The molecule has 0 aliphatic carbocycles. The van der Waals surface area contributed by atoms with Crippen molar-refractivity contribution in [2.75, 3.05) is 25.0 Å². The molecule has 2 aromatic rings. The van der Waals surface area contributed by atoms with Crippen molar-refractivity contribution in [2.24, 2.45) is 4.99 Å². The molecule has 1 aliphatic heterocycles. The molecular formula is C18H24N4O3S. The first-order chi connectivity index (χ1) is 12.3. The highest BCUT2D eigenvalue weighted by molar-refractivity contribution is 7.16. The summed E-state index contributed by atoms with van der Waals surface area (Å²) in [5.74, 6) is -0.298. The molecule has 3 rings (SSSR count). The molecule has 0 saturated carbocycles. The summed E-state index contributed by atoms with van der Waals surface area (Å²) in [7, 11) is 1.53. The average Bonchev–Trinajstić information content (AvgIpc) is 3.13. The highest BCUT2D eigenvalue weighted by Crippen LogP contribution is 2.30. The lowest BCUT2D eigenvalue weighted by Crippen LogP contribution is -2.35. The molecule has 1 fully saturated rings. The number of rotatable bonds is 3. The van der Waals surface area contributed by atoms with Crippen molar-refractivity contribution in [3.63, 3.8) is 0 Å². The molecule has 0 bridgehead atoms. The van der Waals surface area contributed by atoms with E-state index in [2.05, 4.69) is 35.6 Å². The molecule has 0 radical (unpaired) electrons. The SMILES string of the molecule is CCN=c1sc2cc(N3C[C@H](C(=O)NC)OC3=O)ccc2n1C(C)(C)C. The largest absolute Gasteiger partial charge is 0.434 e. The van der Waals surface area contributed by atoms with Crippen LogP contribution in [0.15, 0.2) is 23.2 Å². The van der Waals surface area contributed by atoms with Gasteiger partial charge in [0.1, 0.15) is 0 Å². The van der Waals surface area contributed by atoms with Crippen LogP contribution < -0.4 is 15.0 Å². The van der Waals surface area contributed by atoms with Crippen LogP contribution in [0.1, 0.15) is 27.7 Å². The Balaban J connectivity index is 2.05. The third-order valence-corrected chi connectivity index (χ3v) is 5.24. The number of nitrogens with zero attached hydrogens (tertiary/aromatic N) is 3. The predicted octanol–water partition coefficient (Wildman–Crippen LogP) is 2.45. The monoisotopic (exact) mass is 376 g/mol. The lowest BCUT2D eigenvalue weighted by atomic mass is 10.1. The van der Waals surface area contributed by atoms with Crippen LogP contribution in [0.4, 0.5) is 10.5 Å². The summed E-state index contributed by atoms with van der Waals surface area (Å²) in [6, 6.07) is 5.85. The molecule has 1 aromatic heterocycles. The van der Waals surface area contributed by atoms with Crippen LogP contribution in [-0.4, -0.2) is 42.8 Å². The summed E-state index contributed by atoms with van der Waals surface area (Å²) in [6.45, 7) is 9.37. The van der Waals surface area contributed by atoms with E-state index in [1.54, 1.807) is 11.3 Å². The Hall–Kier alpha value is -2.35. The first-order valence-corrected chi connectivity index (χ1v) is 9.44. The molecule has 1 N–H and O–H groups in total. The van der Waals surface area contributed by atoms with Gasteiger partial charge in [0.25, 0.3) is 5.91 Å².